The Balaban J connectivity index is 1.25. The first kappa shape index (κ1) is 25.4. The first-order valence-electron chi connectivity index (χ1n) is 11.5. The third-order valence-corrected chi connectivity index (χ3v) is 7.65. The van der Waals surface area contributed by atoms with E-state index in [0.29, 0.717) is 40.8 Å². The number of nitrogens with one attached hydrogen (secondary N) is 2. The zero-order chi connectivity index (χ0) is 25.1. The van der Waals surface area contributed by atoms with E-state index in [9.17, 15) is 23.2 Å². The number of amides is 2. The van der Waals surface area contributed by atoms with E-state index >= 15 is 0 Å². The largest absolute Gasteiger partial charge is 0.487 e. The maximum absolute atomic E-state index is 14.5. The number of carbonyl (C=O) groups excluding carboxylic acids is 2. The number of benzene rings is 1. The van der Waals surface area contributed by atoms with Gasteiger partial charge in [-0.2, -0.15) is 4.39 Å². The molecule has 0 saturated heterocycles. The molecule has 11 heteroatoms. The minimum absolute atomic E-state index is 0.0191. The van der Waals surface area contributed by atoms with Gasteiger partial charge in [0, 0.05) is 13.1 Å². The van der Waals surface area contributed by atoms with Crippen molar-refractivity contribution < 1.29 is 33.0 Å². The predicted molar refractivity (Wildman–Crippen MR) is 126 cm³/mol. The lowest BCUT2D eigenvalue weighted by atomic mass is 9.87. The van der Waals surface area contributed by atoms with Crippen molar-refractivity contribution in [1.29, 1.82) is 0 Å². The van der Waals surface area contributed by atoms with E-state index in [0.717, 1.165) is 24.5 Å². The number of carboxylic acid groups (broad SMARTS) is 1. The molecule has 0 unspecified atom stereocenters. The van der Waals surface area contributed by atoms with Crippen LogP contribution in [0.25, 0.3) is 0 Å². The van der Waals surface area contributed by atoms with Crippen molar-refractivity contribution in [1.82, 2.24) is 10.6 Å². The molecule has 1 heterocycles. The normalized spacial score (nSPS) is 19.7. The summed E-state index contributed by atoms with van der Waals surface area (Å²) in [5.41, 5.74) is 0.517. The molecule has 35 heavy (non-hydrogen) atoms. The van der Waals surface area contributed by atoms with Crippen molar-refractivity contribution >= 4 is 40.7 Å². The van der Waals surface area contributed by atoms with E-state index in [2.05, 4.69) is 10.6 Å². The molecule has 0 atom stereocenters. The fourth-order valence-corrected chi connectivity index (χ4v) is 5.45. The molecule has 2 aromatic rings. The van der Waals surface area contributed by atoms with Crippen molar-refractivity contribution in [2.75, 3.05) is 13.1 Å². The van der Waals surface area contributed by atoms with E-state index < -0.39 is 41.1 Å². The Hall–Kier alpha value is -2.72. The summed E-state index contributed by atoms with van der Waals surface area (Å²) in [5.74, 6) is -4.93. The second-order valence-electron chi connectivity index (χ2n) is 8.79. The van der Waals surface area contributed by atoms with Crippen LogP contribution in [-0.2, 0) is 4.79 Å². The van der Waals surface area contributed by atoms with Crippen LogP contribution in [-0.4, -0.2) is 42.1 Å². The number of carboxylic acids is 1. The van der Waals surface area contributed by atoms with Crippen molar-refractivity contribution in [3.05, 3.63) is 50.2 Å². The molecule has 7 nitrogen and oxygen atoms in total. The van der Waals surface area contributed by atoms with Gasteiger partial charge < -0.3 is 20.5 Å². The number of ether oxygens (including phenoxy) is 1. The van der Waals surface area contributed by atoms with Crippen molar-refractivity contribution in [3.63, 3.8) is 0 Å². The van der Waals surface area contributed by atoms with Gasteiger partial charge in [0.25, 0.3) is 11.8 Å². The summed E-state index contributed by atoms with van der Waals surface area (Å²) in [6.45, 7) is 0.120. The van der Waals surface area contributed by atoms with Gasteiger partial charge in [-0.05, 0) is 68.2 Å². The molecule has 1 aromatic carbocycles. The van der Waals surface area contributed by atoms with Crippen molar-refractivity contribution in [2.45, 2.75) is 50.5 Å². The number of rotatable bonds is 9. The lowest BCUT2D eigenvalue weighted by Gasteiger charge is -2.27. The second kappa shape index (κ2) is 10.9. The van der Waals surface area contributed by atoms with Crippen molar-refractivity contribution in [2.24, 2.45) is 5.92 Å². The van der Waals surface area contributed by atoms with Crippen LogP contribution in [0.1, 0.15) is 70.0 Å². The molecular formula is C24H25ClF2N2O5S. The van der Waals surface area contributed by atoms with Gasteiger partial charge in [-0.3, -0.25) is 14.4 Å². The molecule has 0 radical (unpaired) electrons. The van der Waals surface area contributed by atoms with Crippen LogP contribution in [0.4, 0.5) is 8.78 Å². The van der Waals surface area contributed by atoms with Gasteiger partial charge in [0.15, 0.2) is 11.6 Å². The van der Waals surface area contributed by atoms with Crippen LogP contribution in [0.15, 0.2) is 18.2 Å². The van der Waals surface area contributed by atoms with E-state index in [1.54, 1.807) is 6.07 Å². The highest BCUT2D eigenvalue weighted by molar-refractivity contribution is 7.18. The first-order chi connectivity index (χ1) is 16.7. The zero-order valence-electron chi connectivity index (χ0n) is 18.7. The Bertz CT molecular complexity index is 1130. The van der Waals surface area contributed by atoms with Gasteiger partial charge in [0.05, 0.1) is 26.8 Å². The molecule has 2 amide bonds. The molecule has 3 N–H and O–H groups in total. The maximum atomic E-state index is 14.5. The van der Waals surface area contributed by atoms with Gasteiger partial charge in [-0.25, -0.2) is 4.39 Å². The lowest BCUT2D eigenvalue weighted by molar-refractivity contribution is -0.143. The number of hydrogen-bond acceptors (Lipinski definition) is 5. The van der Waals surface area contributed by atoms with Crippen LogP contribution in [0, 0.1) is 17.6 Å². The Labute approximate surface area is 209 Å². The molecule has 2 fully saturated rings. The summed E-state index contributed by atoms with van der Waals surface area (Å²) in [5, 5.41) is 14.2. The highest BCUT2D eigenvalue weighted by atomic mass is 35.5. The SMILES string of the molecule is O=C(NCCNC(=O)c1ccc(OC2CCC(C(=O)O)CC2)c(F)c1F)c1cc(C2CC2)c(Cl)s1. The van der Waals surface area contributed by atoms with E-state index in [-0.39, 0.29) is 24.7 Å². The summed E-state index contributed by atoms with van der Waals surface area (Å²) in [4.78, 5) is 36.1. The Morgan fingerprint density at radius 2 is 1.66 bits per heavy atom. The molecule has 0 spiro atoms. The number of aliphatic carboxylic acids is 1. The first-order valence-corrected chi connectivity index (χ1v) is 12.7. The molecular weight excluding hydrogens is 502 g/mol. The average molecular weight is 527 g/mol. The van der Waals surface area contributed by atoms with Crippen LogP contribution < -0.4 is 15.4 Å². The highest BCUT2D eigenvalue weighted by Crippen LogP contribution is 2.46. The number of thiophene rings is 1. The van der Waals surface area contributed by atoms with Crippen LogP contribution in [0.3, 0.4) is 0 Å². The molecule has 188 valence electrons. The molecule has 1 aromatic heterocycles. The summed E-state index contributed by atoms with van der Waals surface area (Å²) in [7, 11) is 0. The van der Waals surface area contributed by atoms with Crippen LogP contribution in [0.2, 0.25) is 4.34 Å². The maximum Gasteiger partial charge on any atom is 0.306 e. The molecule has 2 aliphatic carbocycles. The highest BCUT2D eigenvalue weighted by Gasteiger charge is 2.29. The van der Waals surface area contributed by atoms with Gasteiger partial charge >= 0.3 is 5.97 Å². The quantitative estimate of drug-likeness (QED) is 0.409. The van der Waals surface area contributed by atoms with Crippen molar-refractivity contribution in [3.8, 4) is 5.75 Å². The molecule has 4 rings (SSSR count). The Morgan fingerprint density at radius 1 is 1.00 bits per heavy atom. The molecule has 0 aliphatic heterocycles. The third kappa shape index (κ3) is 6.10. The minimum Gasteiger partial charge on any atom is -0.487 e. The van der Waals surface area contributed by atoms with E-state index in [4.69, 9.17) is 21.4 Å². The van der Waals surface area contributed by atoms with Gasteiger partial charge in [-0.15, -0.1) is 11.3 Å². The number of halogens is 3. The van der Waals surface area contributed by atoms with E-state index in [1.165, 1.54) is 17.4 Å². The predicted octanol–water partition coefficient (Wildman–Crippen LogP) is 4.74. The fraction of sp³-hybridized carbons (Fsp3) is 0.458. The topological polar surface area (TPSA) is 105 Å². The fourth-order valence-electron chi connectivity index (χ4n) is 4.11. The summed E-state index contributed by atoms with van der Waals surface area (Å²) in [6, 6.07) is 4.12. The molecule has 0 bridgehead atoms. The average Bonchev–Trinajstić information content (AvgIpc) is 3.60. The zero-order valence-corrected chi connectivity index (χ0v) is 20.3. The monoisotopic (exact) mass is 526 g/mol. The smallest absolute Gasteiger partial charge is 0.306 e. The minimum atomic E-state index is -1.33. The van der Waals surface area contributed by atoms with Crippen LogP contribution >= 0.6 is 22.9 Å². The number of hydrogen-bond donors (Lipinski definition) is 3. The van der Waals surface area contributed by atoms with Gasteiger partial charge in [0.1, 0.15) is 0 Å². The Kier molecular flexibility index (Phi) is 7.91. The third-order valence-electron chi connectivity index (χ3n) is 6.26. The Morgan fingerprint density at radius 3 is 2.29 bits per heavy atom. The number of carbonyl (C=O) groups is 3. The molecule has 2 aliphatic rings. The standard InChI is InChI=1S/C24H25ClF2N2O5S/c25-21-16(12-1-2-12)11-18(35-21)23(31)29-10-9-28-22(30)15-7-8-17(20(27)19(15)26)34-14-5-3-13(4-6-14)24(32)33/h7-8,11-14H,1-6,9-10H2,(H,28,30)(H,29,31)(H,32,33). The van der Waals surface area contributed by atoms with E-state index in [1.807, 2.05) is 0 Å². The van der Waals surface area contributed by atoms with Gasteiger partial charge in [-0.1, -0.05) is 11.6 Å². The van der Waals surface area contributed by atoms with Gasteiger partial charge in [0.2, 0.25) is 5.82 Å². The summed E-state index contributed by atoms with van der Waals surface area (Å²) >= 11 is 7.40. The molecule has 2 saturated carbocycles. The lowest BCUT2D eigenvalue weighted by Crippen LogP contribution is -2.35. The second-order valence-corrected chi connectivity index (χ2v) is 10.4. The van der Waals surface area contributed by atoms with Crippen LogP contribution in [0.5, 0.6) is 5.75 Å². The summed E-state index contributed by atoms with van der Waals surface area (Å²) < 4.78 is 35.2. The summed E-state index contributed by atoms with van der Waals surface area (Å²) in [6.07, 6.45) is 3.38.